The van der Waals surface area contributed by atoms with E-state index in [0.29, 0.717) is 0 Å². The standard InChI is InChI=1S/Ga.In.3H2O.Zn.6H/h;;3*1H2;;;;;;;. The molecule has 6 heteroatoms. The minimum absolute atomic E-state index is 0. The monoisotopic (exact) mass is 308 g/mol. The molecule has 0 heterocycles. The van der Waals surface area contributed by atoms with Crippen LogP contribution in [0.25, 0.3) is 0 Å². The molecular weight excluding hydrogens is 298 g/mol. The van der Waals surface area contributed by atoms with Crippen molar-refractivity contribution in [3.63, 3.8) is 0 Å². The van der Waals surface area contributed by atoms with Gasteiger partial charge in [-0.1, -0.05) is 0 Å². The first kappa shape index (κ1) is 97.4. The number of hydrogen-bond acceptors (Lipinski definition) is 0. The SMILES string of the molecule is O.O.O.[GaH3].[InH3].[Zn]. The second kappa shape index (κ2) is 62.7. The summed E-state index contributed by atoms with van der Waals surface area (Å²) in [5.74, 6) is 0. The summed E-state index contributed by atoms with van der Waals surface area (Å²) in [6.07, 6.45) is 0. The molecule has 0 fully saturated rings. The van der Waals surface area contributed by atoms with Crippen LogP contribution >= 0.6 is 0 Å². The van der Waals surface area contributed by atoms with Crippen molar-refractivity contribution in [2.75, 3.05) is 0 Å². The predicted octanol–water partition coefficient (Wildman–Crippen LogP) is -4.84. The third-order valence-corrected chi connectivity index (χ3v) is 0. The van der Waals surface area contributed by atoms with E-state index in [0.717, 1.165) is 0 Å². The van der Waals surface area contributed by atoms with E-state index in [-0.39, 0.29) is 81.5 Å². The summed E-state index contributed by atoms with van der Waals surface area (Å²) in [6.45, 7) is 0. The molecule has 0 amide bonds. The Morgan fingerprint density at radius 2 is 0.667 bits per heavy atom. The zero-order chi connectivity index (χ0) is 0. The van der Waals surface area contributed by atoms with Gasteiger partial charge in [0.25, 0.3) is 0 Å². The molecule has 0 radical (unpaired) electrons. The summed E-state index contributed by atoms with van der Waals surface area (Å²) in [5, 5.41) is 0. The third kappa shape index (κ3) is 37.3. The average Bonchev–Trinajstić information content (AvgIpc) is 0. The molecule has 38 valence electrons. The van der Waals surface area contributed by atoms with Gasteiger partial charge in [-0.25, -0.2) is 0 Å². The molecule has 0 aromatic heterocycles. The fraction of sp³-hybridized carbons (Fsp3) is 0. The van der Waals surface area contributed by atoms with Gasteiger partial charge < -0.3 is 16.4 Å². The Morgan fingerprint density at radius 3 is 0.667 bits per heavy atom. The van der Waals surface area contributed by atoms with Gasteiger partial charge in [-0.05, 0) is 0 Å². The van der Waals surface area contributed by atoms with Crippen LogP contribution in [0.15, 0.2) is 0 Å². The van der Waals surface area contributed by atoms with E-state index in [1.165, 1.54) is 0 Å². The summed E-state index contributed by atoms with van der Waals surface area (Å²) in [7, 11) is 0. The third-order valence-electron chi connectivity index (χ3n) is 0. The molecule has 0 saturated heterocycles. The van der Waals surface area contributed by atoms with Gasteiger partial charge in [0, 0.05) is 19.5 Å². The molecule has 0 atom stereocenters. The normalized spacial score (nSPS) is 0. The Kier molecular flexibility index (Phi) is 1020. The predicted molar refractivity (Wildman–Crippen MR) is 30.7 cm³/mol. The molecule has 0 aliphatic heterocycles. The van der Waals surface area contributed by atoms with Crippen molar-refractivity contribution in [1.29, 1.82) is 0 Å². The molecule has 0 bridgehead atoms. The van der Waals surface area contributed by atoms with Gasteiger partial charge in [-0.15, -0.1) is 0 Å². The zero-order valence-electron chi connectivity index (χ0n) is 2.21. The summed E-state index contributed by atoms with van der Waals surface area (Å²) in [5.41, 5.74) is 0. The van der Waals surface area contributed by atoms with Gasteiger partial charge >= 0.3 is 45.6 Å². The van der Waals surface area contributed by atoms with Crippen molar-refractivity contribution < 1.29 is 35.9 Å². The first-order chi connectivity index (χ1) is 0. The van der Waals surface area contributed by atoms with Crippen molar-refractivity contribution in [3.8, 4) is 0 Å². The smallest absolute Gasteiger partial charge is 0 e. The van der Waals surface area contributed by atoms with E-state index in [9.17, 15) is 0 Å². The molecule has 6 heavy (non-hydrogen) atoms. The van der Waals surface area contributed by atoms with Crippen LogP contribution in [0.4, 0.5) is 0 Å². The van der Waals surface area contributed by atoms with Crippen molar-refractivity contribution in [2.24, 2.45) is 0 Å². The number of hydrogen-bond donors (Lipinski definition) is 0. The minimum Gasteiger partial charge on any atom is 0 e. The molecule has 0 saturated carbocycles. The van der Waals surface area contributed by atoms with Crippen LogP contribution in [0, 0.1) is 0 Å². The zero-order valence-corrected chi connectivity index (χ0v) is 5.17. The fourth-order valence-corrected chi connectivity index (χ4v) is 0. The van der Waals surface area contributed by atoms with E-state index < -0.39 is 0 Å². The molecule has 0 aliphatic carbocycles. The van der Waals surface area contributed by atoms with Gasteiger partial charge in [-0.3, -0.25) is 0 Å². The molecule has 0 spiro atoms. The maximum atomic E-state index is 0. The first-order valence-electron chi connectivity index (χ1n) is 0. The van der Waals surface area contributed by atoms with Gasteiger partial charge in [0.1, 0.15) is 0 Å². The Bertz CT molecular complexity index is 10.8. The molecule has 0 aromatic carbocycles. The quantitative estimate of drug-likeness (QED) is 0.401. The summed E-state index contributed by atoms with van der Waals surface area (Å²) in [6, 6.07) is 0. The summed E-state index contributed by atoms with van der Waals surface area (Å²) >= 11 is 0. The summed E-state index contributed by atoms with van der Waals surface area (Å²) in [4.78, 5) is 0. The first-order valence-corrected chi connectivity index (χ1v) is 0. The maximum absolute atomic E-state index is 0. The Labute approximate surface area is 80.8 Å². The topological polar surface area (TPSA) is 94.5 Å². The van der Waals surface area contributed by atoms with Crippen molar-refractivity contribution in [3.05, 3.63) is 0 Å². The molecule has 0 unspecified atom stereocenters. The molecule has 0 rings (SSSR count). The summed E-state index contributed by atoms with van der Waals surface area (Å²) < 4.78 is 0. The van der Waals surface area contributed by atoms with Crippen LogP contribution in [-0.4, -0.2) is 62.1 Å². The second-order valence-electron chi connectivity index (χ2n) is 0. The minimum atomic E-state index is 0. The van der Waals surface area contributed by atoms with Crippen molar-refractivity contribution in [1.82, 2.24) is 0 Å². The largest absolute Gasteiger partial charge is 0 e. The molecular formula is H12GaInO3Zn. The molecule has 6 N–H and O–H groups in total. The van der Waals surface area contributed by atoms with Crippen LogP contribution in [0.2, 0.25) is 0 Å². The second-order valence-corrected chi connectivity index (χ2v) is 0. The van der Waals surface area contributed by atoms with Gasteiger partial charge in [-0.2, -0.15) is 0 Å². The molecule has 0 aliphatic rings. The number of rotatable bonds is 0. The Hall–Kier alpha value is 2.01. The van der Waals surface area contributed by atoms with Crippen LogP contribution in [0.3, 0.4) is 0 Å². The molecule has 0 aromatic rings. The van der Waals surface area contributed by atoms with Crippen LogP contribution in [0.5, 0.6) is 0 Å². The van der Waals surface area contributed by atoms with Gasteiger partial charge in [0.15, 0.2) is 0 Å². The molecule has 3 nitrogen and oxygen atoms in total. The van der Waals surface area contributed by atoms with Gasteiger partial charge in [0.2, 0.25) is 0 Å². The fourth-order valence-electron chi connectivity index (χ4n) is 0. The Balaban J connectivity index is 0. The van der Waals surface area contributed by atoms with Crippen LogP contribution in [0.1, 0.15) is 0 Å². The van der Waals surface area contributed by atoms with E-state index in [2.05, 4.69) is 0 Å². The van der Waals surface area contributed by atoms with Crippen molar-refractivity contribution in [2.45, 2.75) is 0 Å². The van der Waals surface area contributed by atoms with Crippen molar-refractivity contribution >= 4 is 45.6 Å². The maximum Gasteiger partial charge on any atom is 0 e. The van der Waals surface area contributed by atoms with Crippen LogP contribution in [-0.2, 0) is 19.5 Å². The Morgan fingerprint density at radius 1 is 0.667 bits per heavy atom. The van der Waals surface area contributed by atoms with Crippen LogP contribution < -0.4 is 0 Å². The van der Waals surface area contributed by atoms with E-state index in [4.69, 9.17) is 0 Å². The van der Waals surface area contributed by atoms with E-state index in [1.54, 1.807) is 0 Å². The average molecular weight is 310 g/mol. The van der Waals surface area contributed by atoms with Gasteiger partial charge in [0.05, 0.1) is 0 Å². The van der Waals surface area contributed by atoms with E-state index in [1.807, 2.05) is 0 Å². The van der Waals surface area contributed by atoms with E-state index >= 15 is 0 Å².